The third kappa shape index (κ3) is 31.8. The van der Waals surface area contributed by atoms with Gasteiger partial charge in [0.05, 0.1) is 0 Å². The van der Waals surface area contributed by atoms with Crippen molar-refractivity contribution in [3.63, 3.8) is 0 Å². The molecule has 0 rings (SSSR count). The smallest absolute Gasteiger partial charge is 0.550 e. The Labute approximate surface area is 317 Å². The fourth-order valence-electron chi connectivity index (χ4n) is 2.88. The fourth-order valence-corrected chi connectivity index (χ4v) is 2.88. The first-order chi connectivity index (χ1) is 18.0. The maximum Gasteiger partial charge on any atom is 2.00 e. The van der Waals surface area contributed by atoms with Crippen LogP contribution in [-0.2, 0) is 19.2 Å². The summed E-state index contributed by atoms with van der Waals surface area (Å²) in [6, 6.07) is 0. The van der Waals surface area contributed by atoms with Crippen LogP contribution in [0.15, 0.2) is 0 Å². The first-order valence-corrected chi connectivity index (χ1v) is 14.9. The van der Waals surface area contributed by atoms with Crippen LogP contribution < -0.4 is 20.4 Å². The molecule has 0 fully saturated rings. The van der Waals surface area contributed by atoms with E-state index >= 15 is 0 Å². The number of carbonyl (C=O) groups excluding carboxylic acids is 4. The molecule has 10 heteroatoms. The van der Waals surface area contributed by atoms with Gasteiger partial charge in [0.25, 0.3) is 0 Å². The topological polar surface area (TPSA) is 161 Å². The van der Waals surface area contributed by atoms with E-state index in [1.54, 1.807) is 55.4 Å². The van der Waals surface area contributed by atoms with E-state index < -0.39 is 45.5 Å². The molecule has 42 heavy (non-hydrogen) atoms. The Morgan fingerprint density at radius 2 is 0.500 bits per heavy atom. The maximum atomic E-state index is 10.4. The Hall–Kier alpha value is 0.399. The summed E-state index contributed by atoms with van der Waals surface area (Å²) in [4.78, 5) is 41.7. The van der Waals surface area contributed by atoms with Gasteiger partial charge >= 0.3 is 75.5 Å². The van der Waals surface area contributed by atoms with Gasteiger partial charge in [-0.05, 0) is 25.7 Å². The molecule has 0 aliphatic rings. The standard InChI is InChI=1S/4C8H16O2.2Ca/c4*1-4-5-6-8(2,3)7(9)10;;/h4*4-6H2,1-3H3,(H,9,10);;/q;;;;2*+2/p-4. The summed E-state index contributed by atoms with van der Waals surface area (Å²) in [5.74, 6) is -3.77. The molecule has 240 valence electrons. The van der Waals surface area contributed by atoms with Crippen LogP contribution in [0.25, 0.3) is 0 Å². The molecule has 0 unspecified atom stereocenters. The average molecular weight is 653 g/mol. The molecule has 0 heterocycles. The van der Waals surface area contributed by atoms with Crippen LogP contribution in [0, 0.1) is 21.7 Å². The molecule has 0 aromatic carbocycles. The summed E-state index contributed by atoms with van der Waals surface area (Å²) >= 11 is 0. The number of rotatable bonds is 16. The van der Waals surface area contributed by atoms with Crippen LogP contribution in [0.4, 0.5) is 0 Å². The summed E-state index contributed by atoms with van der Waals surface area (Å²) in [5, 5.41) is 41.7. The van der Waals surface area contributed by atoms with Crippen LogP contribution in [0.3, 0.4) is 0 Å². The summed E-state index contributed by atoms with van der Waals surface area (Å²) in [5.41, 5.74) is -2.57. The maximum absolute atomic E-state index is 10.4. The van der Waals surface area contributed by atoms with Gasteiger partial charge in [0.2, 0.25) is 0 Å². The Bertz CT molecular complexity index is 597. The van der Waals surface area contributed by atoms with Crippen LogP contribution >= 0.6 is 0 Å². The molecule has 0 bridgehead atoms. The van der Waals surface area contributed by atoms with E-state index in [1.165, 1.54) is 0 Å². The fraction of sp³-hybridized carbons (Fsp3) is 0.875. The summed E-state index contributed by atoms with van der Waals surface area (Å²) < 4.78 is 0. The van der Waals surface area contributed by atoms with E-state index in [9.17, 15) is 39.6 Å². The summed E-state index contributed by atoms with van der Waals surface area (Å²) in [7, 11) is 0. The number of hydrogen-bond acceptors (Lipinski definition) is 8. The molecule has 0 saturated carbocycles. The summed E-state index contributed by atoms with van der Waals surface area (Å²) in [6.45, 7) is 21.8. The van der Waals surface area contributed by atoms with Gasteiger partial charge in [-0.2, -0.15) is 0 Å². The molecule has 0 radical (unpaired) electrons. The van der Waals surface area contributed by atoms with Crippen molar-refractivity contribution >= 4 is 99.4 Å². The number of carboxylic acid groups (broad SMARTS) is 4. The number of hydrogen-bond donors (Lipinski definition) is 0. The van der Waals surface area contributed by atoms with Crippen LogP contribution in [0.2, 0.25) is 0 Å². The first kappa shape index (κ1) is 54.8. The Morgan fingerprint density at radius 3 is 0.571 bits per heavy atom. The number of aliphatic carboxylic acids is 4. The molecule has 0 atom stereocenters. The number of carbonyl (C=O) groups is 4. The van der Waals surface area contributed by atoms with Crippen LogP contribution in [0.1, 0.15) is 160 Å². The second kappa shape index (κ2) is 28.8. The molecule has 0 aromatic rings. The molecule has 0 amide bonds. The van der Waals surface area contributed by atoms with Gasteiger partial charge in [0.1, 0.15) is 0 Å². The second-order valence-corrected chi connectivity index (χ2v) is 13.1. The predicted molar refractivity (Wildman–Crippen MR) is 165 cm³/mol. The first-order valence-electron chi connectivity index (χ1n) is 14.9. The van der Waals surface area contributed by atoms with Gasteiger partial charge in [-0.15, -0.1) is 0 Å². The van der Waals surface area contributed by atoms with Crippen molar-refractivity contribution in [1.82, 2.24) is 0 Å². The zero-order valence-corrected chi connectivity index (χ0v) is 33.6. The Morgan fingerprint density at radius 1 is 0.381 bits per heavy atom. The zero-order valence-electron chi connectivity index (χ0n) is 29.2. The molecular formula is C32H60Ca2O8. The van der Waals surface area contributed by atoms with Crippen molar-refractivity contribution in [2.24, 2.45) is 21.7 Å². The molecule has 0 N–H and O–H groups in total. The third-order valence-electron chi connectivity index (χ3n) is 6.83. The molecule has 0 aliphatic heterocycles. The quantitative estimate of drug-likeness (QED) is 0.230. The molecule has 0 spiro atoms. The van der Waals surface area contributed by atoms with Gasteiger partial charge in [-0.1, -0.05) is 134 Å². The van der Waals surface area contributed by atoms with E-state index in [-0.39, 0.29) is 75.5 Å². The van der Waals surface area contributed by atoms with Gasteiger partial charge in [-0.3, -0.25) is 0 Å². The van der Waals surface area contributed by atoms with E-state index in [1.807, 2.05) is 27.7 Å². The van der Waals surface area contributed by atoms with Crippen LogP contribution in [-0.4, -0.2) is 99.4 Å². The van der Waals surface area contributed by atoms with Gasteiger partial charge in [0.15, 0.2) is 0 Å². The monoisotopic (exact) mass is 652 g/mol. The largest absolute Gasteiger partial charge is 2.00 e. The van der Waals surface area contributed by atoms with Crippen LogP contribution in [0.5, 0.6) is 0 Å². The number of carboxylic acids is 4. The van der Waals surface area contributed by atoms with E-state index in [4.69, 9.17) is 0 Å². The minimum atomic E-state index is -0.944. The minimum absolute atomic E-state index is 0. The van der Waals surface area contributed by atoms with Gasteiger partial charge in [-0.25, -0.2) is 0 Å². The molecule has 0 saturated heterocycles. The Balaban J connectivity index is -0.000000101. The van der Waals surface area contributed by atoms with Gasteiger partial charge < -0.3 is 39.6 Å². The second-order valence-electron chi connectivity index (χ2n) is 13.1. The normalized spacial score (nSPS) is 11.0. The number of unbranched alkanes of at least 4 members (excludes halogenated alkanes) is 4. The van der Waals surface area contributed by atoms with E-state index in [0.29, 0.717) is 25.7 Å². The van der Waals surface area contributed by atoms with Crippen molar-refractivity contribution in [1.29, 1.82) is 0 Å². The molecule has 0 aliphatic carbocycles. The van der Waals surface area contributed by atoms with Crippen molar-refractivity contribution in [2.75, 3.05) is 0 Å². The Kier molecular flexibility index (Phi) is 37.7. The SMILES string of the molecule is CCCCC(C)(C)C(=O)[O-].CCCCC(C)(C)C(=O)[O-].CCCCC(C)(C)C(=O)[O-].CCCCC(C)(C)C(=O)[O-].[Ca+2].[Ca+2]. The zero-order chi connectivity index (χ0) is 32.8. The third-order valence-corrected chi connectivity index (χ3v) is 6.83. The molecular weight excluding hydrogens is 593 g/mol. The average Bonchev–Trinajstić information content (AvgIpc) is 2.84. The van der Waals surface area contributed by atoms with Gasteiger partial charge in [0, 0.05) is 45.5 Å². The van der Waals surface area contributed by atoms with Crippen molar-refractivity contribution in [3.05, 3.63) is 0 Å². The predicted octanol–water partition coefficient (Wildman–Crippen LogP) is 3.05. The summed E-state index contributed by atoms with van der Waals surface area (Å²) in [6.07, 6.45) is 10.8. The van der Waals surface area contributed by atoms with E-state index in [2.05, 4.69) is 0 Å². The molecule has 8 nitrogen and oxygen atoms in total. The van der Waals surface area contributed by atoms with Crippen molar-refractivity contribution in [2.45, 2.75) is 160 Å². The van der Waals surface area contributed by atoms with Crippen molar-refractivity contribution in [3.8, 4) is 0 Å². The van der Waals surface area contributed by atoms with E-state index in [0.717, 1.165) is 51.4 Å². The van der Waals surface area contributed by atoms with Crippen molar-refractivity contribution < 1.29 is 39.6 Å². The minimum Gasteiger partial charge on any atom is -0.550 e. The molecule has 0 aromatic heterocycles.